The molecule has 1 amide bonds. The molecule has 1 aliphatic heterocycles. The molecule has 4 aromatic rings. The van der Waals surface area contributed by atoms with E-state index in [-0.39, 0.29) is 28.0 Å². The summed E-state index contributed by atoms with van der Waals surface area (Å²) < 4.78 is 38.9. The van der Waals surface area contributed by atoms with E-state index in [0.29, 0.717) is 23.6 Å². The summed E-state index contributed by atoms with van der Waals surface area (Å²) in [6.45, 7) is 0.232. The summed E-state index contributed by atoms with van der Waals surface area (Å²) in [7, 11) is -2.59. The van der Waals surface area contributed by atoms with E-state index in [4.69, 9.17) is 21.1 Å². The van der Waals surface area contributed by atoms with E-state index < -0.39 is 16.1 Å². The number of rotatable bonds is 6. The molecule has 11 nitrogen and oxygen atoms in total. The highest BCUT2D eigenvalue weighted by molar-refractivity contribution is 7.93. The Labute approximate surface area is 211 Å². The Bertz CT molecular complexity index is 1530. The second kappa shape index (κ2) is 9.47. The fourth-order valence-corrected chi connectivity index (χ4v) is 5.77. The van der Waals surface area contributed by atoms with Gasteiger partial charge in [-0.05, 0) is 65.7 Å². The zero-order valence-electron chi connectivity index (χ0n) is 18.8. The van der Waals surface area contributed by atoms with Crippen molar-refractivity contribution in [1.29, 1.82) is 0 Å². The van der Waals surface area contributed by atoms with Crippen molar-refractivity contribution in [2.75, 3.05) is 23.3 Å². The highest BCUT2D eigenvalue weighted by atomic mass is 35.5. The Balaban J connectivity index is 1.33. The minimum absolute atomic E-state index is 0.0429. The monoisotopic (exact) mass is 526 g/mol. The van der Waals surface area contributed by atoms with Gasteiger partial charge in [-0.15, -0.1) is 10.2 Å². The largest absolute Gasteiger partial charge is 0.495 e. The van der Waals surface area contributed by atoms with Crippen LogP contribution in [0.3, 0.4) is 0 Å². The minimum Gasteiger partial charge on any atom is -0.495 e. The van der Waals surface area contributed by atoms with Crippen LogP contribution in [0.5, 0.6) is 11.5 Å². The molecule has 1 aliphatic rings. The molecule has 5 rings (SSSR count). The van der Waals surface area contributed by atoms with E-state index in [0.717, 1.165) is 11.1 Å². The summed E-state index contributed by atoms with van der Waals surface area (Å²) in [5, 5.41) is 16.6. The van der Waals surface area contributed by atoms with Gasteiger partial charge in [0.25, 0.3) is 10.0 Å². The van der Waals surface area contributed by atoms with Crippen molar-refractivity contribution < 1.29 is 22.7 Å². The molecule has 0 unspecified atom stereocenters. The first-order valence-corrected chi connectivity index (χ1v) is 12.5. The van der Waals surface area contributed by atoms with Gasteiger partial charge in [-0.2, -0.15) is 5.21 Å². The van der Waals surface area contributed by atoms with Crippen LogP contribution in [0.15, 0.2) is 65.6 Å². The van der Waals surface area contributed by atoms with E-state index in [9.17, 15) is 13.2 Å². The fraction of sp³-hybridized carbons (Fsp3) is 0.130. The molecule has 3 aromatic carbocycles. The molecule has 0 atom stereocenters. The summed E-state index contributed by atoms with van der Waals surface area (Å²) in [5.41, 5.74) is 2.45. The molecule has 0 radical (unpaired) electrons. The maximum absolute atomic E-state index is 13.5. The molecule has 2 heterocycles. The van der Waals surface area contributed by atoms with Gasteiger partial charge in [0.05, 0.1) is 12.8 Å². The standard InChI is InChI=1S/C23H19ClN6O5S/c1-34-20-9-5-16(24)12-21(20)36(32,33)30-11-10-14-4-8-18(13-19(14)30)35-23(31)25-17-6-2-15(3-7-17)22-26-28-29-27-22/h2-9,12-13H,10-11H2,1H3,(H,25,31)(H,26,27,28,29). The molecule has 0 spiro atoms. The van der Waals surface area contributed by atoms with Crippen LogP contribution in [-0.2, 0) is 16.4 Å². The number of nitrogens with zero attached hydrogens (tertiary/aromatic N) is 4. The van der Waals surface area contributed by atoms with Gasteiger partial charge in [-0.25, -0.2) is 13.2 Å². The Hall–Kier alpha value is -4.16. The zero-order valence-corrected chi connectivity index (χ0v) is 20.4. The van der Waals surface area contributed by atoms with Crippen molar-refractivity contribution in [2.24, 2.45) is 0 Å². The van der Waals surface area contributed by atoms with Gasteiger partial charge in [0.1, 0.15) is 16.4 Å². The third kappa shape index (κ3) is 4.55. The van der Waals surface area contributed by atoms with E-state index in [2.05, 4.69) is 25.9 Å². The Morgan fingerprint density at radius 1 is 1.11 bits per heavy atom. The molecule has 184 valence electrons. The maximum atomic E-state index is 13.5. The van der Waals surface area contributed by atoms with Gasteiger partial charge < -0.3 is 9.47 Å². The van der Waals surface area contributed by atoms with Gasteiger partial charge in [0.15, 0.2) is 0 Å². The molecule has 0 bridgehead atoms. The Kier molecular flexibility index (Phi) is 6.20. The quantitative estimate of drug-likeness (QED) is 0.385. The number of carbonyl (C=O) groups excluding carboxylic acids is 1. The van der Waals surface area contributed by atoms with E-state index in [1.807, 2.05) is 0 Å². The van der Waals surface area contributed by atoms with Crippen molar-refractivity contribution in [3.05, 3.63) is 71.2 Å². The third-order valence-electron chi connectivity index (χ3n) is 5.55. The molecule has 1 aromatic heterocycles. The number of anilines is 2. The van der Waals surface area contributed by atoms with Crippen LogP contribution < -0.4 is 19.1 Å². The summed E-state index contributed by atoms with van der Waals surface area (Å²) in [6.07, 6.45) is -0.220. The topological polar surface area (TPSA) is 139 Å². The number of amides is 1. The number of halogens is 1. The number of H-pyrrole nitrogens is 1. The second-order valence-electron chi connectivity index (χ2n) is 7.74. The summed E-state index contributed by atoms with van der Waals surface area (Å²) in [6, 6.07) is 16.1. The summed E-state index contributed by atoms with van der Waals surface area (Å²) in [4.78, 5) is 12.4. The average Bonchev–Trinajstić information content (AvgIpc) is 3.55. The number of hydrogen-bond donors (Lipinski definition) is 2. The molecular formula is C23H19ClN6O5S. The number of ether oxygens (including phenoxy) is 2. The number of aromatic nitrogens is 4. The second-order valence-corrected chi connectivity index (χ2v) is 10.0. The van der Waals surface area contributed by atoms with Crippen LogP contribution in [0.1, 0.15) is 5.56 Å². The predicted octanol–water partition coefficient (Wildman–Crippen LogP) is 3.89. The molecule has 0 aliphatic carbocycles. The molecule has 36 heavy (non-hydrogen) atoms. The smallest absolute Gasteiger partial charge is 0.417 e. The van der Waals surface area contributed by atoms with Crippen molar-refractivity contribution in [3.63, 3.8) is 0 Å². The lowest BCUT2D eigenvalue weighted by Gasteiger charge is -2.21. The zero-order chi connectivity index (χ0) is 25.3. The van der Waals surface area contributed by atoms with Crippen LogP contribution in [0, 0.1) is 0 Å². The fourth-order valence-electron chi connectivity index (χ4n) is 3.85. The lowest BCUT2D eigenvalue weighted by molar-refractivity contribution is 0.215. The Morgan fingerprint density at radius 3 is 2.64 bits per heavy atom. The molecule has 13 heteroatoms. The SMILES string of the molecule is COc1ccc(Cl)cc1S(=O)(=O)N1CCc2ccc(OC(=O)Nc3ccc(-c4nn[nH]n4)cc3)cc21. The van der Waals surface area contributed by atoms with Gasteiger partial charge in [0.2, 0.25) is 5.82 Å². The maximum Gasteiger partial charge on any atom is 0.417 e. The molecule has 0 fully saturated rings. The Morgan fingerprint density at radius 2 is 1.92 bits per heavy atom. The number of fused-ring (bicyclic) bond motifs is 1. The first-order valence-electron chi connectivity index (χ1n) is 10.7. The van der Waals surface area contributed by atoms with Gasteiger partial charge in [-0.3, -0.25) is 9.62 Å². The number of nitrogens with one attached hydrogen (secondary N) is 2. The van der Waals surface area contributed by atoms with Crippen LogP contribution in [0.4, 0.5) is 16.2 Å². The van der Waals surface area contributed by atoms with Crippen molar-refractivity contribution >= 4 is 39.1 Å². The van der Waals surface area contributed by atoms with Crippen LogP contribution in [0.25, 0.3) is 11.4 Å². The van der Waals surface area contributed by atoms with Crippen LogP contribution in [-0.4, -0.2) is 48.8 Å². The number of tetrazole rings is 1. The minimum atomic E-state index is -3.98. The van der Waals surface area contributed by atoms with Crippen LogP contribution >= 0.6 is 11.6 Å². The lowest BCUT2D eigenvalue weighted by Crippen LogP contribution is -2.29. The average molecular weight is 527 g/mol. The number of methoxy groups -OCH3 is 1. The van der Waals surface area contributed by atoms with Crippen molar-refractivity contribution in [1.82, 2.24) is 20.6 Å². The van der Waals surface area contributed by atoms with Crippen LogP contribution in [0.2, 0.25) is 5.02 Å². The molecule has 2 N–H and O–H groups in total. The highest BCUT2D eigenvalue weighted by Gasteiger charge is 2.33. The van der Waals surface area contributed by atoms with E-state index >= 15 is 0 Å². The van der Waals surface area contributed by atoms with Gasteiger partial charge in [0, 0.05) is 28.9 Å². The molecular weight excluding hydrogens is 508 g/mol. The lowest BCUT2D eigenvalue weighted by atomic mass is 10.1. The number of sulfonamides is 1. The summed E-state index contributed by atoms with van der Waals surface area (Å²) in [5.74, 6) is 0.803. The number of aromatic amines is 1. The third-order valence-corrected chi connectivity index (χ3v) is 7.62. The highest BCUT2D eigenvalue weighted by Crippen LogP contribution is 2.38. The van der Waals surface area contributed by atoms with Crippen molar-refractivity contribution in [3.8, 4) is 22.9 Å². The number of carbonyl (C=O) groups is 1. The molecule has 0 saturated heterocycles. The van der Waals surface area contributed by atoms with E-state index in [1.165, 1.54) is 29.6 Å². The first kappa shape index (κ1) is 23.6. The normalized spacial score (nSPS) is 12.8. The van der Waals surface area contributed by atoms with Gasteiger partial charge in [-0.1, -0.05) is 17.7 Å². The number of hydrogen-bond acceptors (Lipinski definition) is 8. The number of benzene rings is 3. The molecule has 0 saturated carbocycles. The van der Waals surface area contributed by atoms with Crippen molar-refractivity contribution in [2.45, 2.75) is 11.3 Å². The van der Waals surface area contributed by atoms with E-state index in [1.54, 1.807) is 42.5 Å². The predicted molar refractivity (Wildman–Crippen MR) is 132 cm³/mol. The first-order chi connectivity index (χ1) is 17.3. The van der Waals surface area contributed by atoms with Gasteiger partial charge >= 0.3 is 6.09 Å². The summed E-state index contributed by atoms with van der Waals surface area (Å²) >= 11 is 6.06.